The van der Waals surface area contributed by atoms with Gasteiger partial charge >= 0.3 is 0 Å². The molecule has 0 radical (unpaired) electrons. The Labute approximate surface area is 163 Å². The van der Waals surface area contributed by atoms with Crippen LogP contribution in [0.15, 0.2) is 0 Å². The quantitative estimate of drug-likeness (QED) is 0.463. The minimum absolute atomic E-state index is 0.512. The maximum atomic E-state index is 10.5. The predicted octanol–water partition coefficient (Wildman–Crippen LogP) is -0.685. The van der Waals surface area contributed by atoms with Gasteiger partial charge in [0.25, 0.3) is 0 Å². The van der Waals surface area contributed by atoms with Crippen molar-refractivity contribution in [2.75, 3.05) is 60.6 Å². The molecular weight excluding hydrogens is 354 g/mol. The number of methoxy groups -OCH3 is 3. The van der Waals surface area contributed by atoms with Crippen molar-refractivity contribution in [1.29, 1.82) is 0 Å². The normalized spacial score (nSPS) is 23.3. The summed E-state index contributed by atoms with van der Waals surface area (Å²) in [5.41, 5.74) is -2.12. The van der Waals surface area contributed by atoms with E-state index < -0.39 is 30.1 Å². The molecule has 1 fully saturated rings. The lowest BCUT2D eigenvalue weighted by Crippen LogP contribution is -2.56. The monoisotopic (exact) mass is 393 g/mol. The van der Waals surface area contributed by atoms with Crippen LogP contribution in [0.3, 0.4) is 0 Å². The Hall–Kier alpha value is -0.360. The number of aliphatic hydroxyl groups excluding tert-OH is 1. The molecule has 1 rings (SSSR count). The number of rotatable bonds is 8. The summed E-state index contributed by atoms with van der Waals surface area (Å²) in [6.07, 6.45) is -2.05. The van der Waals surface area contributed by atoms with E-state index >= 15 is 0 Å². The van der Waals surface area contributed by atoms with Gasteiger partial charge in [0.2, 0.25) is 6.41 Å². The zero-order chi connectivity index (χ0) is 20.8. The van der Waals surface area contributed by atoms with E-state index in [2.05, 4.69) is 0 Å². The minimum Gasteiger partial charge on any atom is -0.386 e. The lowest BCUT2D eigenvalue weighted by atomic mass is 10.1. The van der Waals surface area contributed by atoms with E-state index in [0.29, 0.717) is 39.3 Å². The summed E-state index contributed by atoms with van der Waals surface area (Å²) in [6, 6.07) is 0. The van der Waals surface area contributed by atoms with Crippen LogP contribution in [0.2, 0.25) is 0 Å². The first-order valence-electron chi connectivity index (χ1n) is 9.39. The molecule has 1 heterocycles. The van der Waals surface area contributed by atoms with Gasteiger partial charge in [0.05, 0.1) is 11.2 Å². The lowest BCUT2D eigenvalue weighted by Gasteiger charge is -2.40. The summed E-state index contributed by atoms with van der Waals surface area (Å²) in [5, 5.41) is 31.2. The second kappa shape index (κ2) is 10.4. The highest BCUT2D eigenvalue weighted by atomic mass is 16.6. The Bertz CT molecular complexity index is 392. The van der Waals surface area contributed by atoms with E-state index in [-0.39, 0.29) is 0 Å². The van der Waals surface area contributed by atoms with Crippen LogP contribution in [0.4, 0.5) is 0 Å². The number of hydrogen-bond donors (Lipinski definition) is 3. The summed E-state index contributed by atoms with van der Waals surface area (Å²) < 4.78 is 16.2. The molecule has 9 nitrogen and oxygen atoms in total. The molecule has 0 aromatic carbocycles. The highest BCUT2D eigenvalue weighted by Gasteiger charge is 2.37. The van der Waals surface area contributed by atoms with Crippen LogP contribution in [-0.2, 0) is 14.2 Å². The number of aliphatic hydroxyl groups is 3. The van der Waals surface area contributed by atoms with Gasteiger partial charge in [-0.25, -0.2) is 0 Å². The fourth-order valence-electron chi connectivity index (χ4n) is 3.71. The molecule has 0 aliphatic carbocycles. The van der Waals surface area contributed by atoms with Crippen molar-refractivity contribution in [3.8, 4) is 0 Å². The zero-order valence-electron chi connectivity index (χ0n) is 17.9. The molecular formula is C18H39N3O6. The average Bonchev–Trinajstić information content (AvgIpc) is 2.65. The van der Waals surface area contributed by atoms with Gasteiger partial charge < -0.3 is 29.5 Å². The van der Waals surface area contributed by atoms with Crippen molar-refractivity contribution >= 4 is 0 Å². The summed E-state index contributed by atoms with van der Waals surface area (Å²) in [7, 11) is 4.60. The number of nitrogens with zero attached hydrogens (tertiary/aromatic N) is 3. The molecule has 0 amide bonds. The Morgan fingerprint density at radius 3 is 1.15 bits per heavy atom. The van der Waals surface area contributed by atoms with E-state index in [1.54, 1.807) is 46.8 Å². The third-order valence-corrected chi connectivity index (χ3v) is 4.86. The summed E-state index contributed by atoms with van der Waals surface area (Å²) >= 11 is 0. The topological polar surface area (TPSA) is 98.1 Å². The van der Waals surface area contributed by atoms with Gasteiger partial charge in [-0.2, -0.15) is 0 Å². The first-order valence-corrected chi connectivity index (χ1v) is 9.39. The molecule has 3 N–H and O–H groups in total. The second-order valence-corrected chi connectivity index (χ2v) is 8.15. The zero-order valence-corrected chi connectivity index (χ0v) is 17.9. The van der Waals surface area contributed by atoms with Crippen molar-refractivity contribution in [3.05, 3.63) is 0 Å². The standard InChI is InChI=1S/C18H39N3O6/c1-17(2,23)14(25-5)19-8-9-20(15(26-6)18(3,4)24)11-13-21(12-10-19)16(22)27-7/h14-16,22-24H,8-13H2,1-7H3. The Morgan fingerprint density at radius 1 is 0.630 bits per heavy atom. The molecule has 0 spiro atoms. The van der Waals surface area contributed by atoms with Crippen LogP contribution in [-0.4, -0.2) is 121 Å². The Balaban J connectivity index is 3.09. The van der Waals surface area contributed by atoms with Crippen LogP contribution >= 0.6 is 0 Å². The van der Waals surface area contributed by atoms with Crippen molar-refractivity contribution in [2.24, 2.45) is 0 Å². The van der Waals surface area contributed by atoms with E-state index in [9.17, 15) is 15.3 Å². The van der Waals surface area contributed by atoms with Gasteiger partial charge in [-0.3, -0.25) is 14.7 Å². The third kappa shape index (κ3) is 7.19. The van der Waals surface area contributed by atoms with Crippen molar-refractivity contribution in [2.45, 2.75) is 57.8 Å². The van der Waals surface area contributed by atoms with Gasteiger partial charge in [-0.05, 0) is 27.7 Å². The molecule has 0 bridgehead atoms. The molecule has 162 valence electrons. The molecule has 1 aliphatic rings. The maximum Gasteiger partial charge on any atom is 0.215 e. The fraction of sp³-hybridized carbons (Fsp3) is 1.00. The molecule has 0 saturated carbocycles. The Morgan fingerprint density at radius 2 is 0.926 bits per heavy atom. The lowest BCUT2D eigenvalue weighted by molar-refractivity contribution is -0.186. The van der Waals surface area contributed by atoms with Gasteiger partial charge in [-0.1, -0.05) is 0 Å². The van der Waals surface area contributed by atoms with Gasteiger partial charge in [0, 0.05) is 60.6 Å². The van der Waals surface area contributed by atoms with Crippen molar-refractivity contribution in [1.82, 2.24) is 14.7 Å². The van der Waals surface area contributed by atoms with E-state index in [1.807, 2.05) is 9.80 Å². The molecule has 0 aromatic rings. The van der Waals surface area contributed by atoms with E-state index in [4.69, 9.17) is 14.2 Å². The highest BCUT2D eigenvalue weighted by Crippen LogP contribution is 2.21. The average molecular weight is 394 g/mol. The maximum absolute atomic E-state index is 10.5. The third-order valence-electron chi connectivity index (χ3n) is 4.86. The van der Waals surface area contributed by atoms with Crippen LogP contribution in [0.1, 0.15) is 27.7 Å². The second-order valence-electron chi connectivity index (χ2n) is 8.15. The Kier molecular flexibility index (Phi) is 9.53. The van der Waals surface area contributed by atoms with Gasteiger partial charge in [-0.15, -0.1) is 0 Å². The summed E-state index contributed by atoms with van der Waals surface area (Å²) in [5.74, 6) is 0. The van der Waals surface area contributed by atoms with Crippen LogP contribution in [0.25, 0.3) is 0 Å². The summed E-state index contributed by atoms with van der Waals surface area (Å²) in [6.45, 7) is 10.3. The molecule has 27 heavy (non-hydrogen) atoms. The largest absolute Gasteiger partial charge is 0.386 e. The fourth-order valence-corrected chi connectivity index (χ4v) is 3.71. The first-order chi connectivity index (χ1) is 12.5. The SMILES string of the molecule is COC(O)N1CCN(C(OC)C(C)(C)O)CCN(C(OC)C(C)(C)O)CC1. The van der Waals surface area contributed by atoms with Crippen molar-refractivity contribution in [3.63, 3.8) is 0 Å². The van der Waals surface area contributed by atoms with Gasteiger partial charge in [0.15, 0.2) is 0 Å². The number of hydrogen-bond acceptors (Lipinski definition) is 9. The molecule has 3 atom stereocenters. The van der Waals surface area contributed by atoms with Crippen LogP contribution in [0, 0.1) is 0 Å². The van der Waals surface area contributed by atoms with Crippen molar-refractivity contribution < 1.29 is 29.5 Å². The van der Waals surface area contributed by atoms with Crippen LogP contribution in [0.5, 0.6) is 0 Å². The first kappa shape index (κ1) is 24.7. The highest BCUT2D eigenvalue weighted by molar-refractivity contribution is 4.85. The molecule has 1 aliphatic heterocycles. The molecule has 9 heteroatoms. The number of ether oxygens (including phenoxy) is 3. The molecule has 0 aromatic heterocycles. The smallest absolute Gasteiger partial charge is 0.215 e. The van der Waals surface area contributed by atoms with Gasteiger partial charge in [0.1, 0.15) is 12.5 Å². The van der Waals surface area contributed by atoms with E-state index in [1.165, 1.54) is 7.11 Å². The van der Waals surface area contributed by atoms with E-state index in [0.717, 1.165) is 0 Å². The molecule has 1 saturated heterocycles. The predicted molar refractivity (Wildman–Crippen MR) is 102 cm³/mol. The molecule has 3 unspecified atom stereocenters. The summed E-state index contributed by atoms with van der Waals surface area (Å²) in [4.78, 5) is 5.87. The minimum atomic E-state index is -1.06. The van der Waals surface area contributed by atoms with Crippen LogP contribution < -0.4 is 0 Å².